The maximum absolute atomic E-state index is 14.1. The van der Waals surface area contributed by atoms with Crippen LogP contribution in [0, 0.1) is 4.77 Å². The van der Waals surface area contributed by atoms with Crippen LogP contribution in [0.3, 0.4) is 0 Å². The van der Waals surface area contributed by atoms with Crippen LogP contribution in [0.5, 0.6) is 0 Å². The lowest BCUT2D eigenvalue weighted by molar-refractivity contribution is -0.173. The van der Waals surface area contributed by atoms with E-state index in [1.54, 1.807) is 10.6 Å². The number of nitrogens with one attached hydrogen (secondary N) is 2. The molecule has 2 atom stereocenters. The number of hydrogen-bond donors (Lipinski definition) is 2. The summed E-state index contributed by atoms with van der Waals surface area (Å²) in [5, 5.41) is 14.6. The number of nitrogens with zero attached hydrogens (tertiary/aromatic N) is 4. The van der Waals surface area contributed by atoms with Gasteiger partial charge in [0.1, 0.15) is 11.5 Å². The van der Waals surface area contributed by atoms with Crippen molar-refractivity contribution < 1.29 is 13.2 Å². The molecule has 0 unspecified atom stereocenters. The van der Waals surface area contributed by atoms with Crippen LogP contribution in [-0.2, 0) is 6.54 Å². The fraction of sp³-hybridized carbons (Fsp3) is 0.320. The number of fused-ring (bicyclic) bond motifs is 1. The first-order chi connectivity index (χ1) is 16.7. The van der Waals surface area contributed by atoms with Gasteiger partial charge < -0.3 is 5.32 Å². The van der Waals surface area contributed by atoms with E-state index in [-0.39, 0.29) is 6.42 Å². The Kier molecular flexibility index (Phi) is 6.00. The van der Waals surface area contributed by atoms with E-state index in [0.717, 1.165) is 21.4 Å². The summed E-state index contributed by atoms with van der Waals surface area (Å²) in [7, 11) is 0. The van der Waals surface area contributed by atoms with Gasteiger partial charge >= 0.3 is 6.18 Å². The molecule has 2 N–H and O–H groups in total. The Morgan fingerprint density at radius 2 is 1.80 bits per heavy atom. The summed E-state index contributed by atoms with van der Waals surface area (Å²) >= 11 is 5.39. The van der Waals surface area contributed by atoms with E-state index in [0.29, 0.717) is 34.6 Å². The minimum atomic E-state index is -4.45. The number of benzene rings is 2. The highest BCUT2D eigenvalue weighted by molar-refractivity contribution is 7.71. The third kappa shape index (κ3) is 4.62. The largest absolute Gasteiger partial charge is 0.410 e. The molecule has 0 bridgehead atoms. The molecule has 2 aromatic heterocycles. The van der Waals surface area contributed by atoms with Gasteiger partial charge in [-0.2, -0.15) is 23.4 Å². The monoisotopic (exact) mass is 498 g/mol. The van der Waals surface area contributed by atoms with E-state index in [9.17, 15) is 13.2 Å². The maximum atomic E-state index is 14.1. The molecule has 0 saturated carbocycles. The van der Waals surface area contributed by atoms with Gasteiger partial charge in [-0.3, -0.25) is 9.67 Å². The highest BCUT2D eigenvalue weighted by Gasteiger charge is 2.46. The molecule has 1 aliphatic heterocycles. The van der Waals surface area contributed by atoms with Gasteiger partial charge in [0.05, 0.1) is 12.6 Å². The van der Waals surface area contributed by atoms with E-state index < -0.39 is 18.3 Å². The Labute approximate surface area is 205 Å². The summed E-state index contributed by atoms with van der Waals surface area (Å²) in [5.41, 5.74) is 3.27. The third-order valence-corrected chi connectivity index (χ3v) is 6.68. The van der Waals surface area contributed by atoms with Crippen LogP contribution in [0.4, 0.5) is 19.0 Å². The van der Waals surface area contributed by atoms with Crippen LogP contribution in [-0.4, -0.2) is 30.7 Å². The van der Waals surface area contributed by atoms with Gasteiger partial charge in [0.15, 0.2) is 16.6 Å². The molecule has 3 heterocycles. The lowest BCUT2D eigenvalue weighted by Crippen LogP contribution is -2.35. The van der Waals surface area contributed by atoms with Crippen molar-refractivity contribution in [1.29, 1.82) is 0 Å². The van der Waals surface area contributed by atoms with Crippen LogP contribution in [0.25, 0.3) is 11.5 Å². The van der Waals surface area contributed by atoms with Gasteiger partial charge in [-0.25, -0.2) is 4.68 Å². The molecule has 0 aliphatic carbocycles. The molecule has 0 spiro atoms. The Balaban J connectivity index is 1.51. The molecule has 6 nitrogen and oxygen atoms in total. The van der Waals surface area contributed by atoms with Crippen molar-refractivity contribution in [3.8, 4) is 11.5 Å². The molecule has 10 heteroatoms. The van der Waals surface area contributed by atoms with Crippen molar-refractivity contribution in [3.05, 3.63) is 82.1 Å². The average Bonchev–Trinajstić information content (AvgIpc) is 3.41. The van der Waals surface area contributed by atoms with Crippen LogP contribution in [0.1, 0.15) is 55.0 Å². The standard InChI is InChI=1S/C25H25F3N6S/c1-15(2)17-8-10-18(11-9-17)19-12-21(25(26,27)28)34-22(29-19)13-20(32-34)23-30-31-24(35)33(23)14-16-6-4-3-5-7-16/h3-11,13,15,19,21,29H,12,14H2,1-2H3,(H,31,35)/t19-,21-/m1/s1. The highest BCUT2D eigenvalue weighted by atomic mass is 32.1. The minimum Gasteiger partial charge on any atom is -0.363 e. The number of hydrogen-bond acceptors (Lipinski definition) is 4. The second-order valence-corrected chi connectivity index (χ2v) is 9.48. The highest BCUT2D eigenvalue weighted by Crippen LogP contribution is 2.44. The lowest BCUT2D eigenvalue weighted by Gasteiger charge is -2.33. The number of halogens is 3. The predicted octanol–water partition coefficient (Wildman–Crippen LogP) is 6.64. The molecule has 0 saturated heterocycles. The molecule has 0 amide bonds. The summed E-state index contributed by atoms with van der Waals surface area (Å²) in [5.74, 6) is 1.04. The molecule has 0 fully saturated rings. The summed E-state index contributed by atoms with van der Waals surface area (Å²) in [6.45, 7) is 4.59. The summed E-state index contributed by atoms with van der Waals surface area (Å²) in [6.07, 6.45) is -4.61. The van der Waals surface area contributed by atoms with E-state index >= 15 is 0 Å². The van der Waals surface area contributed by atoms with Crippen LogP contribution >= 0.6 is 12.2 Å². The summed E-state index contributed by atoms with van der Waals surface area (Å²) < 4.78 is 45.5. The number of alkyl halides is 3. The quantitative estimate of drug-likeness (QED) is 0.303. The Bertz CT molecular complexity index is 1370. The number of anilines is 1. The number of rotatable bonds is 5. The predicted molar refractivity (Wildman–Crippen MR) is 131 cm³/mol. The maximum Gasteiger partial charge on any atom is 0.410 e. The first-order valence-electron chi connectivity index (χ1n) is 11.4. The van der Waals surface area contributed by atoms with Crippen LogP contribution < -0.4 is 5.32 Å². The van der Waals surface area contributed by atoms with E-state index in [1.165, 1.54) is 0 Å². The van der Waals surface area contributed by atoms with Gasteiger partial charge in [0.25, 0.3) is 0 Å². The molecule has 182 valence electrons. The second kappa shape index (κ2) is 8.99. The number of aromatic amines is 1. The van der Waals surface area contributed by atoms with E-state index in [4.69, 9.17) is 12.2 Å². The van der Waals surface area contributed by atoms with Crippen molar-refractivity contribution in [2.75, 3.05) is 5.32 Å². The zero-order valence-electron chi connectivity index (χ0n) is 19.3. The number of H-pyrrole nitrogens is 1. The van der Waals surface area contributed by atoms with E-state index in [2.05, 4.69) is 34.5 Å². The molecule has 1 aliphatic rings. The van der Waals surface area contributed by atoms with Crippen molar-refractivity contribution >= 4 is 18.0 Å². The Morgan fingerprint density at radius 3 is 2.46 bits per heavy atom. The first-order valence-corrected chi connectivity index (χ1v) is 11.8. The molecule has 0 radical (unpaired) electrons. The molecule has 35 heavy (non-hydrogen) atoms. The minimum absolute atomic E-state index is 0.157. The van der Waals surface area contributed by atoms with Crippen LogP contribution in [0.15, 0.2) is 60.7 Å². The van der Waals surface area contributed by atoms with Gasteiger partial charge in [-0.15, -0.1) is 0 Å². The fourth-order valence-electron chi connectivity index (χ4n) is 4.44. The smallest absolute Gasteiger partial charge is 0.363 e. The van der Waals surface area contributed by atoms with Crippen molar-refractivity contribution in [2.24, 2.45) is 0 Å². The second-order valence-electron chi connectivity index (χ2n) is 9.09. The zero-order chi connectivity index (χ0) is 24.7. The fourth-order valence-corrected chi connectivity index (χ4v) is 4.64. The Hall–Kier alpha value is -3.40. The molecule has 2 aromatic carbocycles. The first kappa shape index (κ1) is 23.3. The summed E-state index contributed by atoms with van der Waals surface area (Å²) in [4.78, 5) is 0. The molecule has 5 rings (SSSR count). The number of aromatic nitrogens is 5. The topological polar surface area (TPSA) is 63.5 Å². The van der Waals surface area contributed by atoms with Crippen molar-refractivity contribution in [1.82, 2.24) is 24.5 Å². The third-order valence-electron chi connectivity index (χ3n) is 6.37. The Morgan fingerprint density at radius 1 is 1.09 bits per heavy atom. The summed E-state index contributed by atoms with van der Waals surface area (Å²) in [6, 6.07) is 16.8. The van der Waals surface area contributed by atoms with Gasteiger partial charge in [0, 0.05) is 12.5 Å². The normalized spacial score (nSPS) is 17.9. The van der Waals surface area contributed by atoms with Gasteiger partial charge in [-0.1, -0.05) is 68.4 Å². The van der Waals surface area contributed by atoms with Gasteiger partial charge in [0.2, 0.25) is 0 Å². The van der Waals surface area contributed by atoms with Crippen molar-refractivity contribution in [2.45, 2.75) is 51.0 Å². The average molecular weight is 499 g/mol. The zero-order valence-corrected chi connectivity index (χ0v) is 20.1. The molecule has 4 aromatic rings. The molecular weight excluding hydrogens is 473 g/mol. The van der Waals surface area contributed by atoms with E-state index in [1.807, 2.05) is 54.6 Å². The van der Waals surface area contributed by atoms with Crippen LogP contribution in [0.2, 0.25) is 0 Å². The lowest BCUT2D eigenvalue weighted by atomic mass is 9.94. The SMILES string of the molecule is CC(C)c1ccc([C@H]2C[C@H](C(F)(F)F)n3nc(-c4n[nH]c(=S)n4Cc4ccccc4)cc3N2)cc1. The molecular formula is C25H25F3N6S. The van der Waals surface area contributed by atoms with Crippen molar-refractivity contribution in [3.63, 3.8) is 0 Å². The van der Waals surface area contributed by atoms with Gasteiger partial charge in [-0.05, 0) is 34.8 Å².